The van der Waals surface area contributed by atoms with Gasteiger partial charge in [-0.25, -0.2) is 4.79 Å². The lowest BCUT2D eigenvalue weighted by atomic mass is 10.1. The van der Waals surface area contributed by atoms with Gasteiger partial charge < -0.3 is 10.4 Å². The van der Waals surface area contributed by atoms with E-state index in [0.717, 1.165) is 17.9 Å². The third kappa shape index (κ3) is 3.91. The number of hydrogen-bond acceptors (Lipinski definition) is 4. The Kier molecular flexibility index (Phi) is 5.47. The van der Waals surface area contributed by atoms with Crippen LogP contribution < -0.4 is 5.32 Å². The van der Waals surface area contributed by atoms with Crippen LogP contribution in [-0.2, 0) is 0 Å². The van der Waals surface area contributed by atoms with E-state index in [4.69, 9.17) is 0 Å². The third-order valence-electron chi connectivity index (χ3n) is 2.70. The third-order valence-corrected chi connectivity index (χ3v) is 3.34. The molecule has 0 saturated carbocycles. The highest BCUT2D eigenvalue weighted by Gasteiger charge is 2.16. The topological polar surface area (TPSA) is 62.2 Å². The van der Waals surface area contributed by atoms with E-state index in [2.05, 4.69) is 23.5 Å². The summed E-state index contributed by atoms with van der Waals surface area (Å²) in [7, 11) is 0. The summed E-state index contributed by atoms with van der Waals surface area (Å²) < 4.78 is 0. The maximum Gasteiger partial charge on any atom is 0.339 e. The smallest absolute Gasteiger partial charge is 0.339 e. The number of nitrogens with one attached hydrogen (secondary N) is 1. The Morgan fingerprint density at radius 3 is 2.78 bits per heavy atom. The normalized spacial score (nSPS) is 12.2. The largest absolute Gasteiger partial charge is 0.478 e. The fourth-order valence-electron chi connectivity index (χ4n) is 1.84. The molecule has 4 nitrogen and oxygen atoms in total. The number of aromatic nitrogens is 1. The molecule has 0 aliphatic rings. The lowest BCUT2D eigenvalue weighted by Gasteiger charge is -2.18. The predicted octanol–water partition coefficient (Wildman–Crippen LogP) is 2.95. The van der Waals surface area contributed by atoms with Crippen molar-refractivity contribution in [1.29, 1.82) is 0 Å². The monoisotopic (exact) mass is 268 g/mol. The molecule has 1 heterocycles. The summed E-state index contributed by atoms with van der Waals surface area (Å²) in [6.45, 7) is 5.66. The van der Waals surface area contributed by atoms with Crippen LogP contribution in [0.5, 0.6) is 0 Å². The van der Waals surface area contributed by atoms with Crippen molar-refractivity contribution in [3.05, 3.63) is 23.0 Å². The molecule has 0 fully saturated rings. The van der Waals surface area contributed by atoms with Crippen LogP contribution in [0.3, 0.4) is 0 Å². The molecule has 0 aliphatic carbocycles. The van der Waals surface area contributed by atoms with Crippen molar-refractivity contribution in [2.24, 2.45) is 0 Å². The Bertz CT molecular complexity index is 435. The number of pyridine rings is 1. The van der Waals surface area contributed by atoms with Gasteiger partial charge in [0.15, 0.2) is 0 Å². The molecule has 1 aromatic rings. The number of hydrogen-bond donors (Lipinski definition) is 2. The second-order valence-corrected chi connectivity index (χ2v) is 5.39. The summed E-state index contributed by atoms with van der Waals surface area (Å²) in [6, 6.07) is 2.04. The summed E-state index contributed by atoms with van der Waals surface area (Å²) in [6.07, 6.45) is 3.07. The SMILES string of the molecule is CSCCC(C)Nc1cc(C)nc(C)c1C(=O)O. The van der Waals surface area contributed by atoms with Crippen molar-refractivity contribution in [2.45, 2.75) is 33.2 Å². The van der Waals surface area contributed by atoms with Gasteiger partial charge in [-0.2, -0.15) is 11.8 Å². The number of aryl methyl sites for hydroxylation is 2. The quantitative estimate of drug-likeness (QED) is 0.830. The molecule has 1 aromatic heterocycles. The van der Waals surface area contributed by atoms with Gasteiger partial charge in [-0.1, -0.05) is 0 Å². The van der Waals surface area contributed by atoms with E-state index in [9.17, 15) is 9.90 Å². The van der Waals surface area contributed by atoms with E-state index in [1.807, 2.05) is 6.92 Å². The fourth-order valence-corrected chi connectivity index (χ4v) is 2.43. The molecule has 0 aliphatic heterocycles. The summed E-state index contributed by atoms with van der Waals surface area (Å²) >= 11 is 1.79. The number of carboxylic acid groups (broad SMARTS) is 1. The average molecular weight is 268 g/mol. The first-order valence-corrected chi connectivity index (χ1v) is 7.32. The van der Waals surface area contributed by atoms with Crippen LogP contribution in [0.2, 0.25) is 0 Å². The molecule has 0 bridgehead atoms. The number of rotatable bonds is 6. The molecular weight excluding hydrogens is 248 g/mol. The Labute approximate surface area is 112 Å². The summed E-state index contributed by atoms with van der Waals surface area (Å²) in [5, 5.41) is 12.5. The van der Waals surface area contributed by atoms with E-state index >= 15 is 0 Å². The molecular formula is C13H20N2O2S. The minimum absolute atomic E-state index is 0.247. The van der Waals surface area contributed by atoms with Crippen molar-refractivity contribution >= 4 is 23.4 Å². The number of aromatic carboxylic acids is 1. The zero-order chi connectivity index (χ0) is 13.7. The van der Waals surface area contributed by atoms with Gasteiger partial charge >= 0.3 is 5.97 Å². The van der Waals surface area contributed by atoms with Crippen LogP contribution in [0.25, 0.3) is 0 Å². The van der Waals surface area contributed by atoms with Crippen molar-refractivity contribution in [2.75, 3.05) is 17.3 Å². The summed E-state index contributed by atoms with van der Waals surface area (Å²) in [4.78, 5) is 15.5. The van der Waals surface area contributed by atoms with Crippen LogP contribution in [-0.4, -0.2) is 34.1 Å². The lowest BCUT2D eigenvalue weighted by molar-refractivity contribution is 0.0696. The van der Waals surface area contributed by atoms with E-state index in [-0.39, 0.29) is 11.6 Å². The van der Waals surface area contributed by atoms with Crippen LogP contribution in [0.1, 0.15) is 35.1 Å². The van der Waals surface area contributed by atoms with E-state index in [1.165, 1.54) is 0 Å². The average Bonchev–Trinajstić information content (AvgIpc) is 2.24. The van der Waals surface area contributed by atoms with E-state index in [1.54, 1.807) is 24.8 Å². The van der Waals surface area contributed by atoms with Gasteiger partial charge in [0.25, 0.3) is 0 Å². The first-order chi connectivity index (χ1) is 8.45. The highest BCUT2D eigenvalue weighted by Crippen LogP contribution is 2.21. The summed E-state index contributed by atoms with van der Waals surface area (Å²) in [5.74, 6) is 0.124. The van der Waals surface area contributed by atoms with Crippen LogP contribution in [0.15, 0.2) is 6.07 Å². The molecule has 2 N–H and O–H groups in total. The van der Waals surface area contributed by atoms with E-state index in [0.29, 0.717) is 11.4 Å². The molecule has 5 heteroatoms. The van der Waals surface area contributed by atoms with Crippen molar-refractivity contribution < 1.29 is 9.90 Å². The lowest BCUT2D eigenvalue weighted by Crippen LogP contribution is -2.19. The highest BCUT2D eigenvalue weighted by molar-refractivity contribution is 7.98. The van der Waals surface area contributed by atoms with Gasteiger partial charge in [0.05, 0.1) is 11.4 Å². The zero-order valence-corrected chi connectivity index (χ0v) is 12.1. The molecule has 0 aromatic carbocycles. The van der Waals surface area contributed by atoms with Crippen molar-refractivity contribution in [1.82, 2.24) is 4.98 Å². The predicted molar refractivity (Wildman–Crippen MR) is 76.8 cm³/mol. The first kappa shape index (κ1) is 14.8. The molecule has 1 rings (SSSR count). The van der Waals surface area contributed by atoms with E-state index < -0.39 is 5.97 Å². The Balaban J connectivity index is 2.96. The number of nitrogens with zero attached hydrogens (tertiary/aromatic N) is 1. The number of anilines is 1. The highest BCUT2D eigenvalue weighted by atomic mass is 32.2. The molecule has 1 unspecified atom stereocenters. The van der Waals surface area contributed by atoms with Gasteiger partial charge in [-0.05, 0) is 45.3 Å². The molecule has 0 radical (unpaired) electrons. The number of thioether (sulfide) groups is 1. The van der Waals surface area contributed by atoms with Crippen LogP contribution in [0, 0.1) is 13.8 Å². The molecule has 0 spiro atoms. The molecule has 100 valence electrons. The maximum atomic E-state index is 11.3. The second-order valence-electron chi connectivity index (χ2n) is 4.40. The molecule has 0 saturated heterocycles. The van der Waals surface area contributed by atoms with Gasteiger partial charge in [0, 0.05) is 11.7 Å². The number of carboxylic acids is 1. The fraction of sp³-hybridized carbons (Fsp3) is 0.538. The summed E-state index contributed by atoms with van der Waals surface area (Å²) in [5.41, 5.74) is 2.33. The zero-order valence-electron chi connectivity index (χ0n) is 11.3. The Hall–Kier alpha value is -1.23. The minimum Gasteiger partial charge on any atom is -0.478 e. The Morgan fingerprint density at radius 1 is 1.56 bits per heavy atom. The Morgan fingerprint density at radius 2 is 2.22 bits per heavy atom. The van der Waals surface area contributed by atoms with Crippen LogP contribution in [0.4, 0.5) is 5.69 Å². The van der Waals surface area contributed by atoms with Gasteiger partial charge in [0.1, 0.15) is 5.56 Å². The number of carbonyl (C=O) groups is 1. The van der Waals surface area contributed by atoms with Crippen molar-refractivity contribution in [3.8, 4) is 0 Å². The van der Waals surface area contributed by atoms with Gasteiger partial charge in [-0.3, -0.25) is 4.98 Å². The second kappa shape index (κ2) is 6.64. The van der Waals surface area contributed by atoms with Gasteiger partial charge in [0.2, 0.25) is 0 Å². The van der Waals surface area contributed by atoms with Crippen LogP contribution >= 0.6 is 11.8 Å². The minimum atomic E-state index is -0.931. The standard InChI is InChI=1S/C13H20N2O2S/c1-8(5-6-18-4)15-11-7-9(2)14-10(3)12(11)13(16)17/h7-8H,5-6H2,1-4H3,(H,14,15)(H,16,17). The molecule has 1 atom stereocenters. The molecule has 0 amide bonds. The molecule has 18 heavy (non-hydrogen) atoms. The van der Waals surface area contributed by atoms with Gasteiger partial charge in [-0.15, -0.1) is 0 Å². The maximum absolute atomic E-state index is 11.3. The van der Waals surface area contributed by atoms with Crippen molar-refractivity contribution in [3.63, 3.8) is 0 Å². The first-order valence-electron chi connectivity index (χ1n) is 5.92.